The molecule has 4 aliphatic rings. The maximum atomic E-state index is 13.8. The first-order valence-corrected chi connectivity index (χ1v) is 11.5. The van der Waals surface area contributed by atoms with Crippen molar-refractivity contribution in [1.29, 1.82) is 0 Å². The molecule has 0 aromatic heterocycles. The average molecular weight is 498 g/mol. The van der Waals surface area contributed by atoms with E-state index in [2.05, 4.69) is 10.6 Å². The van der Waals surface area contributed by atoms with Crippen molar-refractivity contribution in [2.75, 3.05) is 12.1 Å². The van der Waals surface area contributed by atoms with Gasteiger partial charge in [0.25, 0.3) is 0 Å². The zero-order valence-corrected chi connectivity index (χ0v) is 19.0. The molecule has 11 heteroatoms. The van der Waals surface area contributed by atoms with Gasteiger partial charge in [-0.05, 0) is 30.2 Å². The quantitative estimate of drug-likeness (QED) is 0.533. The molecule has 2 saturated heterocycles. The molecule has 2 aromatic carbocycles. The van der Waals surface area contributed by atoms with E-state index in [0.29, 0.717) is 33.3 Å². The number of ether oxygens (including phenoxy) is 2. The maximum absolute atomic E-state index is 13.8. The fraction of sp³-hybridized carbons (Fsp3) is 0.333. The standard InChI is InChI=1S/C24H20ClN3O7/c25-13-3-1-2-12-20(13)26-23(33)24(12)19-18(14(27-24)5-7-17(29)30)21(31)28(22(19)32)9-11-4-6-15-16(8-11)35-10-34-15/h1-4,6,8,14,18-19,27H,5,7,9-10H2,(H,26,33)(H,29,30)/t14-,18+,19+,24-/m0/s1. The number of likely N-dealkylation sites (tertiary alicyclic amines) is 1. The van der Waals surface area contributed by atoms with Gasteiger partial charge in [-0.25, -0.2) is 0 Å². The van der Waals surface area contributed by atoms with Crippen LogP contribution in [0.15, 0.2) is 36.4 Å². The number of rotatable bonds is 5. The minimum Gasteiger partial charge on any atom is -0.481 e. The fourth-order valence-corrected chi connectivity index (χ4v) is 5.98. The summed E-state index contributed by atoms with van der Waals surface area (Å²) in [6.07, 6.45) is -0.136. The molecule has 3 N–H and O–H groups in total. The normalized spacial score (nSPS) is 28.0. The monoisotopic (exact) mass is 497 g/mol. The summed E-state index contributed by atoms with van der Waals surface area (Å²) in [6.45, 7) is 0.0914. The molecule has 10 nitrogen and oxygen atoms in total. The number of carboxylic acids is 1. The number of para-hydroxylation sites is 1. The van der Waals surface area contributed by atoms with Crippen LogP contribution in [-0.4, -0.2) is 46.5 Å². The highest BCUT2D eigenvalue weighted by molar-refractivity contribution is 6.35. The SMILES string of the molecule is O=C(O)CC[C@@H]1N[C@]2(C(=O)Nc3c(Cl)cccc32)[C@H]2C(=O)N(Cc3ccc4c(c3)OCO4)C(=O)[C@H]12. The molecule has 4 atom stereocenters. The van der Waals surface area contributed by atoms with E-state index in [0.717, 1.165) is 4.90 Å². The number of fused-ring (bicyclic) bond motifs is 5. The highest BCUT2D eigenvalue weighted by Crippen LogP contribution is 2.54. The molecule has 1 spiro atoms. The fourth-order valence-electron chi connectivity index (χ4n) is 5.76. The lowest BCUT2D eigenvalue weighted by molar-refractivity contribution is -0.144. The van der Waals surface area contributed by atoms with Gasteiger partial charge in [0.2, 0.25) is 24.5 Å². The van der Waals surface area contributed by atoms with Crippen LogP contribution < -0.4 is 20.1 Å². The largest absolute Gasteiger partial charge is 0.481 e. The number of nitrogens with zero attached hydrogens (tertiary/aromatic N) is 1. The van der Waals surface area contributed by atoms with E-state index in [4.69, 9.17) is 21.1 Å². The van der Waals surface area contributed by atoms with E-state index >= 15 is 0 Å². The van der Waals surface area contributed by atoms with E-state index < -0.39 is 47.1 Å². The first-order valence-electron chi connectivity index (χ1n) is 11.1. The summed E-state index contributed by atoms with van der Waals surface area (Å²) in [6, 6.07) is 9.48. The lowest BCUT2D eigenvalue weighted by atomic mass is 9.76. The smallest absolute Gasteiger partial charge is 0.303 e. The molecular formula is C24H20ClN3O7. The summed E-state index contributed by atoms with van der Waals surface area (Å²) in [5.41, 5.74) is 0.0109. The zero-order valence-electron chi connectivity index (χ0n) is 18.2. The molecule has 2 fully saturated rings. The molecule has 3 amide bonds. The van der Waals surface area contributed by atoms with Crippen LogP contribution in [0.5, 0.6) is 11.5 Å². The summed E-state index contributed by atoms with van der Waals surface area (Å²) in [5.74, 6) is -3.28. The Kier molecular flexibility index (Phi) is 4.81. The van der Waals surface area contributed by atoms with Crippen LogP contribution in [0, 0.1) is 11.8 Å². The number of anilines is 1. The molecule has 0 unspecified atom stereocenters. The number of nitrogens with one attached hydrogen (secondary N) is 2. The number of imide groups is 1. The van der Waals surface area contributed by atoms with E-state index in [-0.39, 0.29) is 26.2 Å². The van der Waals surface area contributed by atoms with Gasteiger partial charge in [-0.2, -0.15) is 0 Å². The summed E-state index contributed by atoms with van der Waals surface area (Å²) in [5, 5.41) is 15.5. The van der Waals surface area contributed by atoms with Gasteiger partial charge in [0.15, 0.2) is 11.5 Å². The number of carbonyl (C=O) groups is 4. The number of benzene rings is 2. The molecule has 6 rings (SSSR count). The Morgan fingerprint density at radius 1 is 1.14 bits per heavy atom. The van der Waals surface area contributed by atoms with E-state index in [1.54, 1.807) is 36.4 Å². The summed E-state index contributed by atoms with van der Waals surface area (Å²) in [4.78, 5) is 53.3. The zero-order chi connectivity index (χ0) is 24.5. The molecule has 4 heterocycles. The van der Waals surface area contributed by atoms with E-state index in [1.165, 1.54) is 0 Å². The molecule has 0 saturated carbocycles. The van der Waals surface area contributed by atoms with Gasteiger partial charge in [0, 0.05) is 18.0 Å². The summed E-state index contributed by atoms with van der Waals surface area (Å²) < 4.78 is 10.7. The van der Waals surface area contributed by atoms with Crippen LogP contribution in [0.4, 0.5) is 5.69 Å². The average Bonchev–Trinajstić information content (AvgIpc) is 3.55. The second kappa shape index (κ2) is 7.69. The van der Waals surface area contributed by atoms with Gasteiger partial charge in [-0.3, -0.25) is 29.4 Å². The third-order valence-electron chi connectivity index (χ3n) is 7.24. The number of hydrogen-bond acceptors (Lipinski definition) is 7. The minimum absolute atomic E-state index is 0.00689. The van der Waals surface area contributed by atoms with E-state index in [1.807, 2.05) is 0 Å². The molecule has 0 bridgehead atoms. The second-order valence-electron chi connectivity index (χ2n) is 9.06. The van der Waals surface area contributed by atoms with Crippen molar-refractivity contribution in [2.45, 2.75) is 31.0 Å². The third-order valence-corrected chi connectivity index (χ3v) is 7.55. The predicted octanol–water partition coefficient (Wildman–Crippen LogP) is 1.85. The van der Waals surface area contributed by atoms with Crippen molar-refractivity contribution in [3.05, 3.63) is 52.5 Å². The number of aliphatic carboxylic acids is 1. The maximum Gasteiger partial charge on any atom is 0.303 e. The first-order chi connectivity index (χ1) is 16.8. The highest BCUT2D eigenvalue weighted by atomic mass is 35.5. The van der Waals surface area contributed by atoms with Crippen molar-refractivity contribution in [2.24, 2.45) is 11.8 Å². The third kappa shape index (κ3) is 3.06. The molecule has 0 aliphatic carbocycles. The molecule has 4 aliphatic heterocycles. The Morgan fingerprint density at radius 2 is 1.94 bits per heavy atom. The molecular weight excluding hydrogens is 478 g/mol. The molecule has 0 radical (unpaired) electrons. The van der Waals surface area contributed by atoms with Crippen LogP contribution >= 0.6 is 11.6 Å². The van der Waals surface area contributed by atoms with Gasteiger partial charge in [0.1, 0.15) is 5.54 Å². The number of amides is 3. The predicted molar refractivity (Wildman–Crippen MR) is 121 cm³/mol. The Labute approximate surface area is 204 Å². The van der Waals surface area contributed by atoms with Crippen LogP contribution in [-0.2, 0) is 31.3 Å². The molecule has 2 aromatic rings. The van der Waals surface area contributed by atoms with Crippen molar-refractivity contribution in [1.82, 2.24) is 10.2 Å². The van der Waals surface area contributed by atoms with Crippen LogP contribution in [0.2, 0.25) is 5.02 Å². The number of carbonyl (C=O) groups excluding carboxylic acids is 3. The summed E-state index contributed by atoms with van der Waals surface area (Å²) in [7, 11) is 0. The Bertz CT molecular complexity index is 1310. The highest BCUT2D eigenvalue weighted by Gasteiger charge is 2.70. The van der Waals surface area contributed by atoms with Gasteiger partial charge in [-0.15, -0.1) is 0 Å². The first kappa shape index (κ1) is 21.9. The minimum atomic E-state index is -1.52. The van der Waals surface area contributed by atoms with Gasteiger partial charge >= 0.3 is 5.97 Å². The number of carboxylic acid groups (broad SMARTS) is 1. The van der Waals surface area contributed by atoms with Gasteiger partial charge in [0.05, 0.1) is 29.1 Å². The van der Waals surface area contributed by atoms with E-state index in [9.17, 15) is 24.3 Å². The topological polar surface area (TPSA) is 134 Å². The van der Waals surface area contributed by atoms with Crippen LogP contribution in [0.1, 0.15) is 24.0 Å². The number of halogens is 1. The lowest BCUT2D eigenvalue weighted by Gasteiger charge is -2.29. The number of hydrogen-bond donors (Lipinski definition) is 3. The van der Waals surface area contributed by atoms with Crippen molar-refractivity contribution in [3.8, 4) is 11.5 Å². The Morgan fingerprint density at radius 3 is 2.74 bits per heavy atom. The van der Waals surface area contributed by atoms with Crippen molar-refractivity contribution >= 4 is 41.0 Å². The van der Waals surface area contributed by atoms with Crippen LogP contribution in [0.25, 0.3) is 0 Å². The van der Waals surface area contributed by atoms with Crippen LogP contribution in [0.3, 0.4) is 0 Å². The van der Waals surface area contributed by atoms with Crippen molar-refractivity contribution < 1.29 is 33.8 Å². The van der Waals surface area contributed by atoms with Crippen molar-refractivity contribution in [3.63, 3.8) is 0 Å². The molecule has 35 heavy (non-hydrogen) atoms. The summed E-state index contributed by atoms with van der Waals surface area (Å²) >= 11 is 6.32. The molecule has 180 valence electrons. The van der Waals surface area contributed by atoms with Gasteiger partial charge < -0.3 is 19.9 Å². The van der Waals surface area contributed by atoms with Gasteiger partial charge in [-0.1, -0.05) is 29.8 Å². The Hall–Kier alpha value is -3.63. The second-order valence-corrected chi connectivity index (χ2v) is 9.47. The lowest BCUT2D eigenvalue weighted by Crippen LogP contribution is -2.53. The Balaban J connectivity index is 1.40.